The normalized spacial score (nSPS) is 11.6. The molecule has 0 radical (unpaired) electrons. The third kappa shape index (κ3) is 6.74. The van der Waals surface area contributed by atoms with Gasteiger partial charge < -0.3 is 16.2 Å². The number of carbonyl (C=O) groups excluding carboxylic acids is 2. The summed E-state index contributed by atoms with van der Waals surface area (Å²) in [5, 5.41) is 10.8. The summed E-state index contributed by atoms with van der Waals surface area (Å²) in [5.41, 5.74) is 5.28. The number of aliphatic carboxylic acids is 1. The summed E-state index contributed by atoms with van der Waals surface area (Å²) in [5.74, 6) is -2.83. The lowest BCUT2D eigenvalue weighted by molar-refractivity contribution is -0.259. The molecule has 92 valence electrons. The smallest absolute Gasteiger partial charge is 0.372 e. The molecule has 0 aromatic carbocycles. The van der Waals surface area contributed by atoms with Gasteiger partial charge in [-0.05, 0) is 13.5 Å². The van der Waals surface area contributed by atoms with E-state index in [2.05, 4.69) is 15.1 Å². The molecule has 4 N–H and O–H groups in total. The summed E-state index contributed by atoms with van der Waals surface area (Å²) >= 11 is 0. The van der Waals surface area contributed by atoms with E-state index in [0.717, 1.165) is 0 Å². The first-order valence-electron chi connectivity index (χ1n) is 4.50. The third-order valence-corrected chi connectivity index (χ3v) is 1.51. The average molecular weight is 234 g/mol. The molecule has 0 aliphatic heterocycles. The maximum Gasteiger partial charge on any atom is 0.372 e. The Morgan fingerprint density at radius 3 is 2.50 bits per heavy atom. The van der Waals surface area contributed by atoms with E-state index in [9.17, 15) is 14.4 Å². The second-order valence-electron chi connectivity index (χ2n) is 2.93. The average Bonchev–Trinajstić information content (AvgIpc) is 2.22. The number of carboxylic acids is 1. The standard InChI is InChI=1S/C8H14N2O6/c1-10-4-7(13)15-16-8(14)5(9)2-3-6(11)12/h5,10H,2-4,9H2,1H3,(H,11,12)/t5-/m1/s1. The Morgan fingerprint density at radius 1 is 1.38 bits per heavy atom. The van der Waals surface area contributed by atoms with Crippen molar-refractivity contribution in [1.82, 2.24) is 5.32 Å². The van der Waals surface area contributed by atoms with Crippen LogP contribution in [0.25, 0.3) is 0 Å². The van der Waals surface area contributed by atoms with E-state index in [1.807, 2.05) is 0 Å². The van der Waals surface area contributed by atoms with Gasteiger partial charge in [-0.1, -0.05) is 0 Å². The maximum absolute atomic E-state index is 11.0. The Labute approximate surface area is 91.6 Å². The van der Waals surface area contributed by atoms with E-state index in [0.29, 0.717) is 0 Å². The highest BCUT2D eigenvalue weighted by atomic mass is 17.2. The lowest BCUT2D eigenvalue weighted by Gasteiger charge is -2.08. The molecular formula is C8H14N2O6. The van der Waals surface area contributed by atoms with Gasteiger partial charge in [0.15, 0.2) is 0 Å². The zero-order chi connectivity index (χ0) is 12.6. The number of carboxylic acid groups (broad SMARTS) is 1. The quantitative estimate of drug-likeness (QED) is 0.370. The zero-order valence-electron chi connectivity index (χ0n) is 8.76. The summed E-state index contributed by atoms with van der Waals surface area (Å²) in [6.07, 6.45) is -0.349. The van der Waals surface area contributed by atoms with E-state index in [4.69, 9.17) is 10.8 Å². The minimum atomic E-state index is -1.13. The summed E-state index contributed by atoms with van der Waals surface area (Å²) in [6, 6.07) is -1.13. The summed E-state index contributed by atoms with van der Waals surface area (Å²) in [4.78, 5) is 40.1. The van der Waals surface area contributed by atoms with Gasteiger partial charge in [-0.2, -0.15) is 0 Å². The number of hydrogen-bond acceptors (Lipinski definition) is 7. The van der Waals surface area contributed by atoms with Gasteiger partial charge in [0.25, 0.3) is 0 Å². The minimum Gasteiger partial charge on any atom is -0.481 e. The lowest BCUT2D eigenvalue weighted by Crippen LogP contribution is -2.34. The largest absolute Gasteiger partial charge is 0.481 e. The van der Waals surface area contributed by atoms with Crippen LogP contribution in [0.2, 0.25) is 0 Å². The summed E-state index contributed by atoms with van der Waals surface area (Å²) in [7, 11) is 1.52. The van der Waals surface area contributed by atoms with Crippen molar-refractivity contribution in [2.45, 2.75) is 18.9 Å². The first kappa shape index (κ1) is 14.3. The number of hydrogen-bond donors (Lipinski definition) is 3. The Kier molecular flexibility index (Phi) is 6.81. The molecule has 0 unspecified atom stereocenters. The Hall–Kier alpha value is -1.67. The van der Waals surface area contributed by atoms with Crippen LogP contribution in [0, 0.1) is 0 Å². The molecule has 0 bridgehead atoms. The monoisotopic (exact) mass is 234 g/mol. The lowest BCUT2D eigenvalue weighted by atomic mass is 10.2. The second kappa shape index (κ2) is 7.60. The highest BCUT2D eigenvalue weighted by molar-refractivity contribution is 5.78. The fraction of sp³-hybridized carbons (Fsp3) is 0.625. The number of likely N-dealkylation sites (N-methyl/N-ethyl adjacent to an activating group) is 1. The Balaban J connectivity index is 3.78. The molecule has 0 aromatic rings. The predicted octanol–water partition coefficient (Wildman–Crippen LogP) is -1.60. The van der Waals surface area contributed by atoms with Crippen molar-refractivity contribution in [1.29, 1.82) is 0 Å². The van der Waals surface area contributed by atoms with E-state index in [1.54, 1.807) is 0 Å². The van der Waals surface area contributed by atoms with Gasteiger partial charge in [-0.15, -0.1) is 0 Å². The van der Waals surface area contributed by atoms with Gasteiger partial charge in [-0.3, -0.25) is 4.79 Å². The molecule has 0 heterocycles. The number of carbonyl (C=O) groups is 3. The van der Waals surface area contributed by atoms with Gasteiger partial charge in [-0.25, -0.2) is 19.4 Å². The van der Waals surface area contributed by atoms with Crippen molar-refractivity contribution in [2.75, 3.05) is 13.6 Å². The van der Waals surface area contributed by atoms with E-state index in [-0.39, 0.29) is 19.4 Å². The van der Waals surface area contributed by atoms with Crippen molar-refractivity contribution >= 4 is 17.9 Å². The third-order valence-electron chi connectivity index (χ3n) is 1.51. The van der Waals surface area contributed by atoms with Crippen molar-refractivity contribution in [3.8, 4) is 0 Å². The first-order chi connectivity index (χ1) is 7.47. The molecular weight excluding hydrogens is 220 g/mol. The second-order valence-corrected chi connectivity index (χ2v) is 2.93. The van der Waals surface area contributed by atoms with E-state index in [1.165, 1.54) is 7.05 Å². The number of nitrogens with two attached hydrogens (primary N) is 1. The van der Waals surface area contributed by atoms with Gasteiger partial charge >= 0.3 is 17.9 Å². The van der Waals surface area contributed by atoms with Gasteiger partial charge in [0.1, 0.15) is 6.04 Å². The van der Waals surface area contributed by atoms with Gasteiger partial charge in [0.05, 0.1) is 6.54 Å². The van der Waals surface area contributed by atoms with E-state index < -0.39 is 23.9 Å². The van der Waals surface area contributed by atoms with E-state index >= 15 is 0 Å². The molecule has 0 fully saturated rings. The SMILES string of the molecule is CNCC(=O)OOC(=O)[C@H](N)CCC(=O)O. The topological polar surface area (TPSA) is 128 Å². The molecule has 0 aliphatic carbocycles. The van der Waals surface area contributed by atoms with Gasteiger partial charge in [0, 0.05) is 6.42 Å². The molecule has 0 spiro atoms. The molecule has 0 saturated heterocycles. The van der Waals surface area contributed by atoms with Crippen LogP contribution in [-0.2, 0) is 24.2 Å². The van der Waals surface area contributed by atoms with Crippen LogP contribution in [0.15, 0.2) is 0 Å². The van der Waals surface area contributed by atoms with Crippen LogP contribution in [0.1, 0.15) is 12.8 Å². The molecule has 1 atom stereocenters. The fourth-order valence-electron chi connectivity index (χ4n) is 0.720. The molecule has 0 amide bonds. The van der Waals surface area contributed by atoms with Crippen LogP contribution < -0.4 is 11.1 Å². The molecule has 0 saturated carbocycles. The highest BCUT2D eigenvalue weighted by Gasteiger charge is 2.19. The molecule has 0 rings (SSSR count). The molecule has 0 aromatic heterocycles. The van der Waals surface area contributed by atoms with Crippen molar-refractivity contribution < 1.29 is 29.3 Å². The van der Waals surface area contributed by atoms with Crippen LogP contribution in [0.3, 0.4) is 0 Å². The Morgan fingerprint density at radius 2 is 2.00 bits per heavy atom. The van der Waals surface area contributed by atoms with Crippen molar-refractivity contribution in [3.63, 3.8) is 0 Å². The van der Waals surface area contributed by atoms with Crippen LogP contribution in [-0.4, -0.2) is 42.6 Å². The van der Waals surface area contributed by atoms with Crippen molar-refractivity contribution in [3.05, 3.63) is 0 Å². The molecule has 0 aliphatic rings. The highest BCUT2D eigenvalue weighted by Crippen LogP contribution is 1.97. The number of nitrogens with one attached hydrogen (secondary N) is 1. The maximum atomic E-state index is 11.0. The molecule has 8 heteroatoms. The first-order valence-corrected chi connectivity index (χ1v) is 4.50. The Bertz CT molecular complexity index is 267. The van der Waals surface area contributed by atoms with Crippen LogP contribution in [0.4, 0.5) is 0 Å². The minimum absolute atomic E-state index is 0.0856. The number of rotatable bonds is 6. The molecule has 8 nitrogen and oxygen atoms in total. The fourth-order valence-corrected chi connectivity index (χ4v) is 0.720. The van der Waals surface area contributed by atoms with Gasteiger partial charge in [0.2, 0.25) is 0 Å². The molecule has 16 heavy (non-hydrogen) atoms. The predicted molar refractivity (Wildman–Crippen MR) is 51.0 cm³/mol. The van der Waals surface area contributed by atoms with Crippen LogP contribution >= 0.6 is 0 Å². The van der Waals surface area contributed by atoms with Crippen molar-refractivity contribution in [2.24, 2.45) is 5.73 Å². The summed E-state index contributed by atoms with van der Waals surface area (Å²) in [6.45, 7) is -0.113. The summed E-state index contributed by atoms with van der Waals surface area (Å²) < 4.78 is 0. The zero-order valence-corrected chi connectivity index (χ0v) is 8.76. The van der Waals surface area contributed by atoms with Crippen LogP contribution in [0.5, 0.6) is 0 Å².